The van der Waals surface area contributed by atoms with Crippen LogP contribution in [0.15, 0.2) is 0 Å². The predicted molar refractivity (Wildman–Crippen MR) is 82.9 cm³/mol. The Morgan fingerprint density at radius 2 is 2.05 bits per heavy atom. The Morgan fingerprint density at radius 1 is 1.25 bits per heavy atom. The summed E-state index contributed by atoms with van der Waals surface area (Å²) >= 11 is 0. The molecule has 2 heterocycles. The van der Waals surface area contributed by atoms with Gasteiger partial charge in [-0.25, -0.2) is 0 Å². The van der Waals surface area contributed by atoms with Gasteiger partial charge in [-0.05, 0) is 43.9 Å². The Morgan fingerprint density at radius 3 is 2.70 bits per heavy atom. The number of nitrogens with zero attached hydrogens (tertiary/aromatic N) is 1. The van der Waals surface area contributed by atoms with Crippen molar-refractivity contribution in [3.8, 4) is 0 Å². The van der Waals surface area contributed by atoms with E-state index in [1.54, 1.807) is 0 Å². The molecular formula is C17H32N2O. The zero-order chi connectivity index (χ0) is 14.1. The molecule has 0 spiro atoms. The quantitative estimate of drug-likeness (QED) is 0.838. The van der Waals surface area contributed by atoms with Crippen LogP contribution in [0.25, 0.3) is 0 Å². The fourth-order valence-electron chi connectivity index (χ4n) is 4.23. The maximum atomic E-state index is 6.09. The van der Waals surface area contributed by atoms with Crippen LogP contribution in [0.1, 0.15) is 52.9 Å². The van der Waals surface area contributed by atoms with E-state index in [-0.39, 0.29) is 0 Å². The van der Waals surface area contributed by atoms with Crippen LogP contribution in [0.3, 0.4) is 0 Å². The van der Waals surface area contributed by atoms with Gasteiger partial charge in [0.25, 0.3) is 0 Å². The van der Waals surface area contributed by atoms with Crippen molar-refractivity contribution in [1.29, 1.82) is 0 Å². The molecule has 3 rings (SSSR count). The summed E-state index contributed by atoms with van der Waals surface area (Å²) in [6.07, 6.45) is 7.16. The van der Waals surface area contributed by atoms with Crippen LogP contribution in [-0.4, -0.2) is 48.8 Å². The summed E-state index contributed by atoms with van der Waals surface area (Å²) in [5.41, 5.74) is 0. The smallest absolute Gasteiger partial charge is 0.0759 e. The number of hydrogen-bond donors (Lipinski definition) is 1. The van der Waals surface area contributed by atoms with E-state index in [4.69, 9.17) is 4.74 Å². The van der Waals surface area contributed by atoms with Crippen molar-refractivity contribution in [1.82, 2.24) is 10.2 Å². The molecule has 4 atom stereocenters. The van der Waals surface area contributed by atoms with Crippen LogP contribution >= 0.6 is 0 Å². The van der Waals surface area contributed by atoms with E-state index in [2.05, 4.69) is 31.0 Å². The van der Waals surface area contributed by atoms with Crippen LogP contribution < -0.4 is 5.32 Å². The predicted octanol–water partition coefficient (Wildman–Crippen LogP) is 2.65. The Kier molecular flexibility index (Phi) is 4.68. The third-order valence-electron chi connectivity index (χ3n) is 5.39. The highest BCUT2D eigenvalue weighted by molar-refractivity contribution is 4.99. The van der Waals surface area contributed by atoms with E-state index in [9.17, 15) is 0 Å². The van der Waals surface area contributed by atoms with Gasteiger partial charge >= 0.3 is 0 Å². The molecule has 3 aliphatic rings. The summed E-state index contributed by atoms with van der Waals surface area (Å²) in [5, 5.41) is 3.78. The highest BCUT2D eigenvalue weighted by atomic mass is 16.5. The molecule has 0 amide bonds. The van der Waals surface area contributed by atoms with E-state index in [0.717, 1.165) is 18.4 Å². The molecule has 0 radical (unpaired) electrons. The molecule has 3 nitrogen and oxygen atoms in total. The minimum absolute atomic E-state index is 0.543. The van der Waals surface area contributed by atoms with Crippen LogP contribution in [0.2, 0.25) is 0 Å². The van der Waals surface area contributed by atoms with Gasteiger partial charge in [-0.3, -0.25) is 4.90 Å². The lowest BCUT2D eigenvalue weighted by molar-refractivity contribution is 0.00924. The second-order valence-electron chi connectivity index (χ2n) is 7.52. The first-order valence-electron chi connectivity index (χ1n) is 8.79. The molecule has 116 valence electrons. The van der Waals surface area contributed by atoms with Crippen LogP contribution in [-0.2, 0) is 4.74 Å². The lowest BCUT2D eigenvalue weighted by Gasteiger charge is -2.45. The monoisotopic (exact) mass is 280 g/mol. The molecule has 2 saturated heterocycles. The molecule has 3 fully saturated rings. The minimum Gasteiger partial charge on any atom is -0.376 e. The Labute approximate surface area is 124 Å². The van der Waals surface area contributed by atoms with Gasteiger partial charge in [0, 0.05) is 37.8 Å². The number of hydrogen-bond acceptors (Lipinski definition) is 3. The highest BCUT2D eigenvalue weighted by Crippen LogP contribution is 2.41. The fraction of sp³-hybridized carbons (Fsp3) is 1.00. The van der Waals surface area contributed by atoms with E-state index >= 15 is 0 Å². The average Bonchev–Trinajstić information content (AvgIpc) is 3.15. The Bertz CT molecular complexity index is 316. The van der Waals surface area contributed by atoms with Gasteiger partial charge in [0.05, 0.1) is 6.10 Å². The second-order valence-corrected chi connectivity index (χ2v) is 7.52. The molecule has 0 aromatic heterocycles. The SMILES string of the molecule is CCC1CNC(CC(C)C)CN1C1CCOC1C1CC1. The maximum Gasteiger partial charge on any atom is 0.0759 e. The van der Waals surface area contributed by atoms with E-state index < -0.39 is 0 Å². The Balaban J connectivity index is 1.66. The van der Waals surface area contributed by atoms with Crippen molar-refractivity contribution in [2.24, 2.45) is 11.8 Å². The van der Waals surface area contributed by atoms with Gasteiger partial charge in [0.2, 0.25) is 0 Å². The summed E-state index contributed by atoms with van der Waals surface area (Å²) < 4.78 is 6.09. The van der Waals surface area contributed by atoms with Crippen molar-refractivity contribution in [3.05, 3.63) is 0 Å². The molecule has 0 aromatic rings. The molecule has 0 bridgehead atoms. The summed E-state index contributed by atoms with van der Waals surface area (Å²) in [4.78, 5) is 2.82. The third kappa shape index (κ3) is 3.20. The largest absolute Gasteiger partial charge is 0.376 e. The lowest BCUT2D eigenvalue weighted by atomic mass is 9.94. The van der Waals surface area contributed by atoms with E-state index in [0.29, 0.717) is 24.2 Å². The number of piperazine rings is 1. The van der Waals surface area contributed by atoms with Crippen molar-refractivity contribution >= 4 is 0 Å². The molecule has 1 aliphatic carbocycles. The van der Waals surface area contributed by atoms with Crippen molar-refractivity contribution < 1.29 is 4.74 Å². The van der Waals surface area contributed by atoms with E-state index in [1.807, 2.05) is 0 Å². The zero-order valence-corrected chi connectivity index (χ0v) is 13.5. The summed E-state index contributed by atoms with van der Waals surface area (Å²) in [6.45, 7) is 10.4. The van der Waals surface area contributed by atoms with Crippen molar-refractivity contribution in [2.75, 3.05) is 19.7 Å². The molecule has 1 saturated carbocycles. The first-order valence-corrected chi connectivity index (χ1v) is 8.79. The van der Waals surface area contributed by atoms with Crippen molar-refractivity contribution in [2.45, 2.75) is 77.1 Å². The first kappa shape index (κ1) is 14.8. The topological polar surface area (TPSA) is 24.5 Å². The zero-order valence-electron chi connectivity index (χ0n) is 13.5. The van der Waals surface area contributed by atoms with Gasteiger partial charge in [-0.2, -0.15) is 0 Å². The standard InChI is InChI=1S/C17H32N2O/c1-4-15-10-18-14(9-12(2)3)11-19(15)16-7-8-20-17(16)13-5-6-13/h12-18H,4-11H2,1-3H3. The summed E-state index contributed by atoms with van der Waals surface area (Å²) in [5.74, 6) is 1.66. The minimum atomic E-state index is 0.543. The number of nitrogens with one attached hydrogen (secondary N) is 1. The molecule has 4 unspecified atom stereocenters. The molecule has 2 aliphatic heterocycles. The molecule has 0 aromatic carbocycles. The fourth-order valence-corrected chi connectivity index (χ4v) is 4.23. The molecular weight excluding hydrogens is 248 g/mol. The first-order chi connectivity index (χ1) is 9.69. The van der Waals surface area contributed by atoms with Crippen LogP contribution in [0, 0.1) is 11.8 Å². The number of ether oxygens (including phenoxy) is 1. The van der Waals surface area contributed by atoms with E-state index in [1.165, 1.54) is 45.2 Å². The van der Waals surface area contributed by atoms with Gasteiger partial charge in [-0.1, -0.05) is 20.8 Å². The molecule has 3 heteroatoms. The van der Waals surface area contributed by atoms with Gasteiger partial charge in [0.15, 0.2) is 0 Å². The lowest BCUT2D eigenvalue weighted by Crippen LogP contribution is -2.61. The van der Waals surface area contributed by atoms with Gasteiger partial charge in [-0.15, -0.1) is 0 Å². The normalized spacial score (nSPS) is 39.6. The molecule has 1 N–H and O–H groups in total. The second kappa shape index (κ2) is 6.33. The highest BCUT2D eigenvalue weighted by Gasteiger charge is 2.45. The maximum absolute atomic E-state index is 6.09. The third-order valence-corrected chi connectivity index (χ3v) is 5.39. The van der Waals surface area contributed by atoms with Gasteiger partial charge in [0.1, 0.15) is 0 Å². The summed E-state index contributed by atoms with van der Waals surface area (Å²) in [6, 6.07) is 2.09. The van der Waals surface area contributed by atoms with Gasteiger partial charge < -0.3 is 10.1 Å². The van der Waals surface area contributed by atoms with Crippen LogP contribution in [0.4, 0.5) is 0 Å². The average molecular weight is 280 g/mol. The Hall–Kier alpha value is -0.120. The van der Waals surface area contributed by atoms with Crippen LogP contribution in [0.5, 0.6) is 0 Å². The van der Waals surface area contributed by atoms with Crippen molar-refractivity contribution in [3.63, 3.8) is 0 Å². The summed E-state index contributed by atoms with van der Waals surface area (Å²) in [7, 11) is 0. The number of rotatable bonds is 5. The molecule has 20 heavy (non-hydrogen) atoms.